The van der Waals surface area contributed by atoms with Gasteiger partial charge in [-0.3, -0.25) is 10.0 Å². The lowest BCUT2D eigenvalue weighted by Gasteiger charge is -2.14. The molecule has 0 fully saturated rings. The molecule has 0 aliphatic carbocycles. The van der Waals surface area contributed by atoms with Crippen molar-refractivity contribution in [2.45, 2.75) is 6.92 Å². The number of nitrogens with zero attached hydrogens (tertiary/aromatic N) is 1. The summed E-state index contributed by atoms with van der Waals surface area (Å²) < 4.78 is 0. The second-order valence-electron chi connectivity index (χ2n) is 3.39. The molecule has 14 heavy (non-hydrogen) atoms. The summed E-state index contributed by atoms with van der Waals surface area (Å²) >= 11 is 0. The van der Waals surface area contributed by atoms with Crippen molar-refractivity contribution in [1.82, 2.24) is 5.48 Å². The summed E-state index contributed by atoms with van der Waals surface area (Å²) in [6.07, 6.45) is 0. The molecule has 0 aliphatic heterocycles. The molecule has 0 saturated carbocycles. The lowest BCUT2D eigenvalue weighted by molar-refractivity contribution is 0.0706. The van der Waals surface area contributed by atoms with Crippen LogP contribution in [0.3, 0.4) is 0 Å². The molecule has 1 aromatic rings. The van der Waals surface area contributed by atoms with Crippen molar-refractivity contribution < 1.29 is 10.0 Å². The Morgan fingerprint density at radius 2 is 2.00 bits per heavy atom. The van der Waals surface area contributed by atoms with Gasteiger partial charge in [0.05, 0.1) is 0 Å². The van der Waals surface area contributed by atoms with Crippen LogP contribution >= 0.6 is 0 Å². The number of hydrogen-bond acceptors (Lipinski definition) is 3. The average Bonchev–Trinajstić information content (AvgIpc) is 2.15. The molecule has 0 aromatic heterocycles. The number of anilines is 1. The van der Waals surface area contributed by atoms with Crippen LogP contribution in [-0.2, 0) is 0 Å². The average molecular weight is 194 g/mol. The minimum absolute atomic E-state index is 0.455. The highest BCUT2D eigenvalue weighted by molar-refractivity contribution is 5.94. The van der Waals surface area contributed by atoms with Gasteiger partial charge in [0.25, 0.3) is 5.91 Å². The van der Waals surface area contributed by atoms with E-state index in [9.17, 15) is 4.79 Å². The van der Waals surface area contributed by atoms with Crippen LogP contribution in [0.15, 0.2) is 18.2 Å². The van der Waals surface area contributed by atoms with Gasteiger partial charge in [-0.2, -0.15) is 0 Å². The van der Waals surface area contributed by atoms with Crippen LogP contribution in [0.2, 0.25) is 0 Å². The molecule has 0 bridgehead atoms. The highest BCUT2D eigenvalue weighted by atomic mass is 16.5. The van der Waals surface area contributed by atoms with Gasteiger partial charge >= 0.3 is 0 Å². The van der Waals surface area contributed by atoms with E-state index in [0.29, 0.717) is 5.56 Å². The van der Waals surface area contributed by atoms with Crippen molar-refractivity contribution in [2.24, 2.45) is 0 Å². The van der Waals surface area contributed by atoms with Gasteiger partial charge in [0.1, 0.15) is 0 Å². The first-order valence-corrected chi connectivity index (χ1v) is 4.28. The van der Waals surface area contributed by atoms with E-state index in [-0.39, 0.29) is 0 Å². The molecular formula is C10H14N2O2. The number of aryl methyl sites for hydroxylation is 1. The van der Waals surface area contributed by atoms with Gasteiger partial charge < -0.3 is 4.90 Å². The minimum atomic E-state index is -0.489. The normalized spacial score (nSPS) is 9.71. The lowest BCUT2D eigenvalue weighted by Crippen LogP contribution is -2.19. The van der Waals surface area contributed by atoms with Crippen molar-refractivity contribution in [3.05, 3.63) is 29.3 Å². The number of carbonyl (C=O) groups excluding carboxylic acids is 1. The fraction of sp³-hybridized carbons (Fsp3) is 0.300. The summed E-state index contributed by atoms with van der Waals surface area (Å²) in [5.41, 5.74) is 3.99. The van der Waals surface area contributed by atoms with E-state index in [2.05, 4.69) is 0 Å². The van der Waals surface area contributed by atoms with Crippen LogP contribution in [0.25, 0.3) is 0 Å². The Hall–Kier alpha value is -1.55. The van der Waals surface area contributed by atoms with Gasteiger partial charge in [-0.15, -0.1) is 0 Å². The first-order chi connectivity index (χ1) is 6.54. The van der Waals surface area contributed by atoms with Crippen LogP contribution < -0.4 is 10.4 Å². The van der Waals surface area contributed by atoms with Crippen molar-refractivity contribution in [3.8, 4) is 0 Å². The molecule has 76 valence electrons. The quantitative estimate of drug-likeness (QED) is 0.549. The SMILES string of the molecule is Cc1cc(C(=O)NO)cc(N(C)C)c1. The summed E-state index contributed by atoms with van der Waals surface area (Å²) in [6, 6.07) is 5.41. The maximum absolute atomic E-state index is 11.2. The molecular weight excluding hydrogens is 180 g/mol. The van der Waals surface area contributed by atoms with Crippen LogP contribution in [0.5, 0.6) is 0 Å². The first kappa shape index (κ1) is 10.5. The lowest BCUT2D eigenvalue weighted by atomic mass is 10.1. The monoisotopic (exact) mass is 194 g/mol. The third-order valence-corrected chi connectivity index (χ3v) is 1.94. The van der Waals surface area contributed by atoms with E-state index < -0.39 is 5.91 Å². The molecule has 0 unspecified atom stereocenters. The number of amides is 1. The predicted molar refractivity (Wildman–Crippen MR) is 54.8 cm³/mol. The van der Waals surface area contributed by atoms with E-state index in [4.69, 9.17) is 5.21 Å². The molecule has 0 aliphatic rings. The van der Waals surface area contributed by atoms with E-state index in [0.717, 1.165) is 11.3 Å². The molecule has 0 radical (unpaired) electrons. The Morgan fingerprint density at radius 1 is 1.36 bits per heavy atom. The Bertz CT molecular complexity index is 348. The van der Waals surface area contributed by atoms with Crippen LogP contribution in [0.1, 0.15) is 15.9 Å². The summed E-state index contributed by atoms with van der Waals surface area (Å²) in [5.74, 6) is -0.489. The number of nitrogens with one attached hydrogen (secondary N) is 1. The van der Waals surface area contributed by atoms with Crippen molar-refractivity contribution in [1.29, 1.82) is 0 Å². The van der Waals surface area contributed by atoms with E-state index in [1.54, 1.807) is 17.6 Å². The topological polar surface area (TPSA) is 52.6 Å². The zero-order valence-electron chi connectivity index (χ0n) is 8.53. The molecule has 4 nitrogen and oxygen atoms in total. The van der Waals surface area contributed by atoms with E-state index >= 15 is 0 Å². The van der Waals surface area contributed by atoms with Crippen molar-refractivity contribution in [2.75, 3.05) is 19.0 Å². The van der Waals surface area contributed by atoms with Gasteiger partial charge in [0.15, 0.2) is 0 Å². The molecule has 2 N–H and O–H groups in total. The van der Waals surface area contributed by atoms with Gasteiger partial charge in [-0.1, -0.05) is 0 Å². The summed E-state index contributed by atoms with van der Waals surface area (Å²) in [7, 11) is 3.80. The number of carbonyl (C=O) groups is 1. The van der Waals surface area contributed by atoms with Crippen molar-refractivity contribution >= 4 is 11.6 Å². The molecule has 4 heteroatoms. The second-order valence-corrected chi connectivity index (χ2v) is 3.39. The number of benzene rings is 1. The third-order valence-electron chi connectivity index (χ3n) is 1.94. The number of hydroxylamine groups is 1. The van der Waals surface area contributed by atoms with Crippen molar-refractivity contribution in [3.63, 3.8) is 0 Å². The van der Waals surface area contributed by atoms with Crippen LogP contribution in [0.4, 0.5) is 5.69 Å². The summed E-state index contributed by atoms with van der Waals surface area (Å²) in [5, 5.41) is 8.50. The smallest absolute Gasteiger partial charge is 0.274 e. The standard InChI is InChI=1S/C10H14N2O2/c1-7-4-8(10(13)11-14)6-9(5-7)12(2)3/h4-6,14H,1-3H3,(H,11,13). The highest BCUT2D eigenvalue weighted by Crippen LogP contribution is 2.16. The Balaban J connectivity index is 3.13. The Kier molecular flexibility index (Phi) is 3.09. The number of rotatable bonds is 2. The van der Waals surface area contributed by atoms with E-state index in [1.165, 1.54) is 0 Å². The van der Waals surface area contributed by atoms with Gasteiger partial charge in [0.2, 0.25) is 0 Å². The summed E-state index contributed by atoms with van der Waals surface area (Å²) in [4.78, 5) is 13.1. The largest absolute Gasteiger partial charge is 0.378 e. The zero-order valence-corrected chi connectivity index (χ0v) is 8.53. The van der Waals surface area contributed by atoms with Crippen LogP contribution in [-0.4, -0.2) is 25.2 Å². The fourth-order valence-electron chi connectivity index (χ4n) is 1.22. The minimum Gasteiger partial charge on any atom is -0.378 e. The molecule has 0 saturated heterocycles. The highest BCUT2D eigenvalue weighted by Gasteiger charge is 2.06. The maximum Gasteiger partial charge on any atom is 0.274 e. The molecule has 1 amide bonds. The Labute approximate surface area is 83.1 Å². The third kappa shape index (κ3) is 2.23. The zero-order chi connectivity index (χ0) is 10.7. The second kappa shape index (κ2) is 4.11. The van der Waals surface area contributed by atoms with E-state index in [1.807, 2.05) is 32.0 Å². The molecule has 0 spiro atoms. The fourth-order valence-corrected chi connectivity index (χ4v) is 1.22. The first-order valence-electron chi connectivity index (χ1n) is 4.28. The molecule has 0 atom stereocenters. The molecule has 1 rings (SSSR count). The van der Waals surface area contributed by atoms with Gasteiger partial charge in [-0.25, -0.2) is 5.48 Å². The molecule has 1 aromatic carbocycles. The molecule has 0 heterocycles. The maximum atomic E-state index is 11.2. The van der Waals surface area contributed by atoms with Crippen LogP contribution in [0, 0.1) is 6.92 Å². The number of hydrogen-bond donors (Lipinski definition) is 2. The van der Waals surface area contributed by atoms with Gasteiger partial charge in [0, 0.05) is 25.3 Å². The summed E-state index contributed by atoms with van der Waals surface area (Å²) in [6.45, 7) is 1.90. The predicted octanol–water partition coefficient (Wildman–Crippen LogP) is 1.18. The van der Waals surface area contributed by atoms with Gasteiger partial charge in [-0.05, 0) is 30.7 Å². The Morgan fingerprint density at radius 3 is 2.50 bits per heavy atom.